The summed E-state index contributed by atoms with van der Waals surface area (Å²) in [5.41, 5.74) is 1.14. The highest BCUT2D eigenvalue weighted by atomic mass is 79.9. The molecule has 1 heterocycles. The van der Waals surface area contributed by atoms with Gasteiger partial charge in [0.1, 0.15) is 6.04 Å². The fraction of sp³-hybridized carbons (Fsp3) is 0.500. The van der Waals surface area contributed by atoms with Gasteiger partial charge in [0.25, 0.3) is 0 Å². The van der Waals surface area contributed by atoms with Gasteiger partial charge in [-0.05, 0) is 24.7 Å². The zero-order chi connectivity index (χ0) is 13.8. The minimum atomic E-state index is -0.0470. The molecule has 0 bridgehead atoms. The van der Waals surface area contributed by atoms with Crippen molar-refractivity contribution in [1.29, 1.82) is 0 Å². The van der Waals surface area contributed by atoms with Crippen LogP contribution in [0.25, 0.3) is 0 Å². The molecule has 1 aromatic rings. The summed E-state index contributed by atoms with van der Waals surface area (Å²) in [6, 6.07) is 8.03. The van der Waals surface area contributed by atoms with Gasteiger partial charge in [-0.3, -0.25) is 9.69 Å². The Labute approximate surface area is 122 Å². The van der Waals surface area contributed by atoms with E-state index in [0.29, 0.717) is 6.54 Å². The summed E-state index contributed by atoms with van der Waals surface area (Å²) in [5, 5.41) is 3.28. The van der Waals surface area contributed by atoms with Crippen molar-refractivity contribution >= 4 is 21.8 Å². The second kappa shape index (κ2) is 6.50. The fourth-order valence-corrected chi connectivity index (χ4v) is 2.54. The molecule has 0 spiro atoms. The molecule has 0 saturated carbocycles. The first-order chi connectivity index (χ1) is 9.08. The van der Waals surface area contributed by atoms with Crippen LogP contribution >= 0.6 is 15.9 Å². The molecule has 1 aliphatic heterocycles. The van der Waals surface area contributed by atoms with Crippen molar-refractivity contribution in [1.82, 2.24) is 15.1 Å². The van der Waals surface area contributed by atoms with Crippen LogP contribution in [0.4, 0.5) is 0 Å². The predicted octanol–water partition coefficient (Wildman–Crippen LogP) is 1.31. The second-order valence-electron chi connectivity index (χ2n) is 5.02. The quantitative estimate of drug-likeness (QED) is 0.910. The molecule has 1 atom stereocenters. The molecule has 1 amide bonds. The molecule has 0 aromatic heterocycles. The molecule has 1 saturated heterocycles. The third kappa shape index (κ3) is 3.78. The number of likely N-dealkylation sites (N-methyl/N-ethyl adjacent to an activating group) is 2. The van der Waals surface area contributed by atoms with Gasteiger partial charge in [-0.1, -0.05) is 28.1 Å². The minimum absolute atomic E-state index is 0.0470. The second-order valence-corrected chi connectivity index (χ2v) is 5.94. The molecular formula is C14H20BrN3O. The number of benzene rings is 1. The van der Waals surface area contributed by atoms with E-state index < -0.39 is 0 Å². The molecule has 0 radical (unpaired) electrons. The van der Waals surface area contributed by atoms with Gasteiger partial charge in [0.15, 0.2) is 0 Å². The Bertz CT molecular complexity index is 435. The lowest BCUT2D eigenvalue weighted by atomic mass is 10.1. The molecule has 2 rings (SSSR count). The van der Waals surface area contributed by atoms with Crippen LogP contribution in [0.3, 0.4) is 0 Å². The topological polar surface area (TPSA) is 35.6 Å². The van der Waals surface area contributed by atoms with E-state index in [0.717, 1.165) is 29.7 Å². The average Bonchev–Trinajstić information content (AvgIpc) is 2.41. The minimum Gasteiger partial charge on any atom is -0.340 e. The van der Waals surface area contributed by atoms with Crippen LogP contribution in [0, 0.1) is 0 Å². The largest absolute Gasteiger partial charge is 0.340 e. The average molecular weight is 326 g/mol. The summed E-state index contributed by atoms with van der Waals surface area (Å²) in [6.07, 6.45) is 0. The summed E-state index contributed by atoms with van der Waals surface area (Å²) in [5.74, 6) is 0.178. The van der Waals surface area contributed by atoms with Crippen molar-refractivity contribution in [2.45, 2.75) is 12.6 Å². The van der Waals surface area contributed by atoms with Gasteiger partial charge in [-0.2, -0.15) is 0 Å². The van der Waals surface area contributed by atoms with Gasteiger partial charge < -0.3 is 10.2 Å². The van der Waals surface area contributed by atoms with Crippen molar-refractivity contribution in [3.05, 3.63) is 34.3 Å². The van der Waals surface area contributed by atoms with E-state index >= 15 is 0 Å². The van der Waals surface area contributed by atoms with Crippen molar-refractivity contribution in [3.8, 4) is 0 Å². The molecular weight excluding hydrogens is 306 g/mol. The van der Waals surface area contributed by atoms with Gasteiger partial charge in [0.2, 0.25) is 5.91 Å². The standard InChI is InChI=1S/C14H20BrN3O/c1-17-8-7-16-9-13(17)14(19)18(2)10-11-3-5-12(15)6-4-11/h3-6,13,16H,7-10H2,1-2H3. The Morgan fingerprint density at radius 2 is 2.16 bits per heavy atom. The van der Waals surface area contributed by atoms with E-state index in [4.69, 9.17) is 0 Å². The van der Waals surface area contributed by atoms with E-state index in [9.17, 15) is 4.79 Å². The van der Waals surface area contributed by atoms with E-state index in [2.05, 4.69) is 26.1 Å². The highest BCUT2D eigenvalue weighted by molar-refractivity contribution is 9.10. The SMILES string of the molecule is CN(Cc1ccc(Br)cc1)C(=O)C1CNCCN1C. The normalized spacial score (nSPS) is 20.3. The van der Waals surface area contributed by atoms with Crippen LogP contribution in [0.15, 0.2) is 28.7 Å². The number of carbonyl (C=O) groups excluding carboxylic acids is 1. The van der Waals surface area contributed by atoms with Crippen LogP contribution in [0.5, 0.6) is 0 Å². The molecule has 1 N–H and O–H groups in total. The van der Waals surface area contributed by atoms with Gasteiger partial charge in [0, 0.05) is 37.7 Å². The van der Waals surface area contributed by atoms with Crippen LogP contribution in [0.2, 0.25) is 0 Å². The third-order valence-electron chi connectivity index (χ3n) is 3.51. The maximum absolute atomic E-state index is 12.4. The number of hydrogen-bond acceptors (Lipinski definition) is 3. The highest BCUT2D eigenvalue weighted by Gasteiger charge is 2.28. The number of halogens is 1. The molecule has 5 heteroatoms. The van der Waals surface area contributed by atoms with Crippen LogP contribution in [0.1, 0.15) is 5.56 Å². The van der Waals surface area contributed by atoms with Crippen LogP contribution in [-0.2, 0) is 11.3 Å². The highest BCUT2D eigenvalue weighted by Crippen LogP contribution is 2.13. The van der Waals surface area contributed by atoms with Crippen molar-refractivity contribution < 1.29 is 4.79 Å². The van der Waals surface area contributed by atoms with Crippen LogP contribution < -0.4 is 5.32 Å². The third-order valence-corrected chi connectivity index (χ3v) is 4.03. The predicted molar refractivity (Wildman–Crippen MR) is 79.9 cm³/mol. The maximum atomic E-state index is 12.4. The Hall–Kier alpha value is -0.910. The number of amides is 1. The van der Waals surface area contributed by atoms with Gasteiger partial charge in [-0.15, -0.1) is 0 Å². The molecule has 0 aliphatic carbocycles. The van der Waals surface area contributed by atoms with Crippen molar-refractivity contribution in [2.75, 3.05) is 33.7 Å². The van der Waals surface area contributed by atoms with Gasteiger partial charge in [-0.25, -0.2) is 0 Å². The number of carbonyl (C=O) groups is 1. The monoisotopic (exact) mass is 325 g/mol. The first-order valence-corrected chi connectivity index (χ1v) is 7.27. The van der Waals surface area contributed by atoms with Gasteiger partial charge in [0.05, 0.1) is 0 Å². The van der Waals surface area contributed by atoms with E-state index in [-0.39, 0.29) is 11.9 Å². The Morgan fingerprint density at radius 1 is 1.47 bits per heavy atom. The summed E-state index contributed by atoms with van der Waals surface area (Å²) >= 11 is 3.42. The number of piperazine rings is 1. The summed E-state index contributed by atoms with van der Waals surface area (Å²) in [7, 11) is 3.88. The number of nitrogens with one attached hydrogen (secondary N) is 1. The fourth-order valence-electron chi connectivity index (χ4n) is 2.28. The summed E-state index contributed by atoms with van der Waals surface area (Å²) in [4.78, 5) is 16.3. The lowest BCUT2D eigenvalue weighted by molar-refractivity contribution is -0.136. The Balaban J connectivity index is 1.96. The number of hydrogen-bond donors (Lipinski definition) is 1. The maximum Gasteiger partial charge on any atom is 0.241 e. The van der Waals surface area contributed by atoms with Crippen molar-refractivity contribution in [3.63, 3.8) is 0 Å². The molecule has 4 nitrogen and oxygen atoms in total. The van der Waals surface area contributed by atoms with E-state index in [1.807, 2.05) is 38.4 Å². The first kappa shape index (κ1) is 14.5. The lowest BCUT2D eigenvalue weighted by Crippen LogP contribution is -2.56. The zero-order valence-electron chi connectivity index (χ0n) is 11.4. The van der Waals surface area contributed by atoms with Gasteiger partial charge >= 0.3 is 0 Å². The summed E-state index contributed by atoms with van der Waals surface area (Å²) in [6.45, 7) is 3.26. The molecule has 1 aliphatic rings. The molecule has 104 valence electrons. The first-order valence-electron chi connectivity index (χ1n) is 6.48. The van der Waals surface area contributed by atoms with Crippen molar-refractivity contribution in [2.24, 2.45) is 0 Å². The number of nitrogens with zero attached hydrogens (tertiary/aromatic N) is 2. The van der Waals surface area contributed by atoms with Crippen LogP contribution in [-0.4, -0.2) is 55.5 Å². The molecule has 19 heavy (non-hydrogen) atoms. The molecule has 1 aromatic carbocycles. The van der Waals surface area contributed by atoms with E-state index in [1.165, 1.54) is 0 Å². The summed E-state index contributed by atoms with van der Waals surface area (Å²) < 4.78 is 1.06. The van der Waals surface area contributed by atoms with E-state index in [1.54, 1.807) is 4.90 Å². The lowest BCUT2D eigenvalue weighted by Gasteiger charge is -2.34. The number of rotatable bonds is 3. The molecule has 1 fully saturated rings. The Morgan fingerprint density at radius 3 is 2.79 bits per heavy atom. The zero-order valence-corrected chi connectivity index (χ0v) is 13.0. The molecule has 1 unspecified atom stereocenters. The Kier molecular flexibility index (Phi) is 4.96. The smallest absolute Gasteiger partial charge is 0.241 e.